The van der Waals surface area contributed by atoms with E-state index in [0.717, 1.165) is 5.52 Å². The SMILES string of the molecule is COc1ccc(NC(=O)Cc2c(C(=O)[O-])n(C)c3ccccc23)cc1Cl. The highest BCUT2D eigenvalue weighted by atomic mass is 35.5. The van der Waals surface area contributed by atoms with Gasteiger partial charge in [0.15, 0.2) is 0 Å². The Kier molecular flexibility index (Phi) is 4.86. The summed E-state index contributed by atoms with van der Waals surface area (Å²) in [4.78, 5) is 24.0. The molecule has 6 nitrogen and oxygen atoms in total. The van der Waals surface area contributed by atoms with E-state index in [4.69, 9.17) is 16.3 Å². The lowest BCUT2D eigenvalue weighted by Gasteiger charge is -2.10. The molecule has 0 spiro atoms. The minimum atomic E-state index is -1.32. The molecule has 0 saturated heterocycles. The largest absolute Gasteiger partial charge is 0.543 e. The van der Waals surface area contributed by atoms with Crippen molar-refractivity contribution < 1.29 is 19.4 Å². The maximum atomic E-state index is 12.5. The molecule has 0 aliphatic heterocycles. The fourth-order valence-corrected chi connectivity index (χ4v) is 3.28. The molecule has 1 heterocycles. The molecule has 0 radical (unpaired) electrons. The first-order valence-corrected chi connectivity index (χ1v) is 8.21. The van der Waals surface area contributed by atoms with Gasteiger partial charge in [-0.15, -0.1) is 0 Å². The summed E-state index contributed by atoms with van der Waals surface area (Å²) in [7, 11) is 3.14. The molecule has 2 aromatic carbocycles. The Balaban J connectivity index is 1.91. The van der Waals surface area contributed by atoms with Crippen molar-refractivity contribution in [2.45, 2.75) is 6.42 Å². The van der Waals surface area contributed by atoms with Crippen LogP contribution in [0.4, 0.5) is 5.69 Å². The minimum Gasteiger partial charge on any atom is -0.543 e. The van der Waals surface area contributed by atoms with Gasteiger partial charge in [0.25, 0.3) is 0 Å². The Bertz CT molecular complexity index is 1010. The first kappa shape index (κ1) is 17.8. The monoisotopic (exact) mass is 371 g/mol. The molecule has 3 aromatic rings. The Labute approximate surface area is 154 Å². The summed E-state index contributed by atoms with van der Waals surface area (Å²) in [5.41, 5.74) is 1.63. The van der Waals surface area contributed by atoms with Crippen LogP contribution in [0.1, 0.15) is 16.1 Å². The van der Waals surface area contributed by atoms with Gasteiger partial charge in [-0.1, -0.05) is 29.8 Å². The zero-order valence-corrected chi connectivity index (χ0v) is 15.0. The number of carboxylic acids is 1. The van der Waals surface area contributed by atoms with Crippen LogP contribution in [0.3, 0.4) is 0 Å². The van der Waals surface area contributed by atoms with E-state index in [1.54, 1.807) is 43.4 Å². The summed E-state index contributed by atoms with van der Waals surface area (Å²) in [6.07, 6.45) is -0.103. The number of benzene rings is 2. The maximum Gasteiger partial charge on any atom is 0.228 e. The Morgan fingerprint density at radius 3 is 2.62 bits per heavy atom. The van der Waals surface area contributed by atoms with Crippen LogP contribution >= 0.6 is 11.6 Å². The number of carbonyl (C=O) groups is 2. The number of nitrogens with zero attached hydrogens (tertiary/aromatic N) is 1. The van der Waals surface area contributed by atoms with Crippen molar-refractivity contribution in [3.05, 3.63) is 58.7 Å². The number of nitrogens with one attached hydrogen (secondary N) is 1. The summed E-state index contributed by atoms with van der Waals surface area (Å²) >= 11 is 6.06. The number of halogens is 1. The van der Waals surface area contributed by atoms with Crippen molar-refractivity contribution in [3.63, 3.8) is 0 Å². The van der Waals surface area contributed by atoms with Crippen LogP contribution < -0.4 is 15.2 Å². The number of carbonyl (C=O) groups excluding carboxylic acids is 2. The van der Waals surface area contributed by atoms with Crippen molar-refractivity contribution in [1.82, 2.24) is 4.57 Å². The summed E-state index contributed by atoms with van der Waals surface area (Å²) in [6.45, 7) is 0. The van der Waals surface area contributed by atoms with Crippen LogP contribution in [0.25, 0.3) is 10.9 Å². The van der Waals surface area contributed by atoms with Crippen LogP contribution in [0.15, 0.2) is 42.5 Å². The quantitative estimate of drug-likeness (QED) is 0.746. The van der Waals surface area contributed by atoms with Crippen molar-refractivity contribution in [2.24, 2.45) is 7.05 Å². The van der Waals surface area contributed by atoms with Crippen molar-refractivity contribution >= 4 is 40.1 Å². The number of hydrogen-bond acceptors (Lipinski definition) is 4. The zero-order valence-electron chi connectivity index (χ0n) is 14.2. The Morgan fingerprint density at radius 2 is 1.96 bits per heavy atom. The second-order valence-corrected chi connectivity index (χ2v) is 6.17. The van der Waals surface area contributed by atoms with Gasteiger partial charge in [0.1, 0.15) is 5.75 Å². The van der Waals surface area contributed by atoms with Gasteiger partial charge in [-0.05, 0) is 29.8 Å². The van der Waals surface area contributed by atoms with E-state index < -0.39 is 5.97 Å². The highest BCUT2D eigenvalue weighted by molar-refractivity contribution is 6.32. The molecule has 7 heteroatoms. The second-order valence-electron chi connectivity index (χ2n) is 5.77. The fourth-order valence-electron chi connectivity index (χ4n) is 3.02. The van der Waals surface area contributed by atoms with Gasteiger partial charge in [-0.2, -0.15) is 0 Å². The highest BCUT2D eigenvalue weighted by Gasteiger charge is 2.18. The third-order valence-corrected chi connectivity index (χ3v) is 4.47. The van der Waals surface area contributed by atoms with Crippen molar-refractivity contribution in [1.29, 1.82) is 0 Å². The topological polar surface area (TPSA) is 83.4 Å². The van der Waals surface area contributed by atoms with Gasteiger partial charge in [0, 0.05) is 23.6 Å². The first-order chi connectivity index (χ1) is 12.4. The number of aromatic nitrogens is 1. The number of ether oxygens (including phenoxy) is 1. The predicted molar refractivity (Wildman–Crippen MR) is 97.6 cm³/mol. The number of anilines is 1. The highest BCUT2D eigenvalue weighted by Crippen LogP contribution is 2.28. The number of amides is 1. The molecular weight excluding hydrogens is 356 g/mol. The number of carboxylic acid groups (broad SMARTS) is 1. The molecule has 0 fully saturated rings. The van der Waals surface area contributed by atoms with E-state index in [0.29, 0.717) is 27.4 Å². The van der Waals surface area contributed by atoms with Gasteiger partial charge in [-0.25, -0.2) is 0 Å². The Morgan fingerprint density at radius 1 is 1.23 bits per heavy atom. The Hall–Kier alpha value is -2.99. The van der Waals surface area contributed by atoms with Gasteiger partial charge >= 0.3 is 0 Å². The number of methoxy groups -OCH3 is 1. The molecule has 0 atom stereocenters. The molecule has 0 saturated carbocycles. The number of rotatable bonds is 5. The smallest absolute Gasteiger partial charge is 0.228 e. The molecule has 0 aliphatic rings. The van der Waals surface area contributed by atoms with E-state index >= 15 is 0 Å². The van der Waals surface area contributed by atoms with Gasteiger partial charge < -0.3 is 24.5 Å². The lowest BCUT2D eigenvalue weighted by molar-refractivity contribution is -0.255. The molecule has 0 unspecified atom stereocenters. The lowest BCUT2D eigenvalue weighted by Crippen LogP contribution is -2.27. The first-order valence-electron chi connectivity index (χ1n) is 7.83. The standard InChI is InChI=1S/C19H17ClN2O4/c1-22-15-6-4-3-5-12(15)13(18(22)19(24)25)10-17(23)21-11-7-8-16(26-2)14(20)9-11/h3-9H,10H2,1-2H3,(H,21,23)(H,24,25)/p-1. The zero-order chi connectivity index (χ0) is 18.8. The maximum absolute atomic E-state index is 12.5. The normalized spacial score (nSPS) is 10.7. The summed E-state index contributed by atoms with van der Waals surface area (Å²) in [6, 6.07) is 12.1. The van der Waals surface area contributed by atoms with E-state index in [1.807, 2.05) is 6.07 Å². The van der Waals surface area contributed by atoms with Crippen LogP contribution in [0.5, 0.6) is 5.75 Å². The van der Waals surface area contributed by atoms with E-state index in [-0.39, 0.29) is 18.0 Å². The molecule has 3 rings (SSSR count). The van der Waals surface area contributed by atoms with E-state index in [2.05, 4.69) is 5.32 Å². The van der Waals surface area contributed by atoms with E-state index in [1.165, 1.54) is 11.7 Å². The molecule has 0 bridgehead atoms. The molecular formula is C19H16ClN2O4-. The van der Waals surface area contributed by atoms with Gasteiger partial charge in [0.2, 0.25) is 5.91 Å². The molecule has 0 aliphatic carbocycles. The molecule has 1 aromatic heterocycles. The molecule has 134 valence electrons. The van der Waals surface area contributed by atoms with Crippen molar-refractivity contribution in [3.8, 4) is 5.75 Å². The van der Waals surface area contributed by atoms with Crippen LogP contribution in [0, 0.1) is 0 Å². The van der Waals surface area contributed by atoms with Crippen LogP contribution in [-0.2, 0) is 18.3 Å². The average Bonchev–Trinajstić information content (AvgIpc) is 2.88. The molecule has 1 amide bonds. The predicted octanol–water partition coefficient (Wildman–Crippen LogP) is 2.38. The second kappa shape index (κ2) is 7.09. The summed E-state index contributed by atoms with van der Waals surface area (Å²) in [5, 5.41) is 15.4. The number of aryl methyl sites for hydroxylation is 1. The number of para-hydroxylation sites is 1. The van der Waals surface area contributed by atoms with Crippen LogP contribution in [-0.4, -0.2) is 23.6 Å². The average molecular weight is 372 g/mol. The summed E-state index contributed by atoms with van der Waals surface area (Å²) in [5.74, 6) is -1.18. The van der Waals surface area contributed by atoms with E-state index in [9.17, 15) is 14.7 Å². The fraction of sp³-hybridized carbons (Fsp3) is 0.158. The lowest BCUT2D eigenvalue weighted by atomic mass is 10.1. The van der Waals surface area contributed by atoms with Gasteiger partial charge in [-0.3, -0.25) is 4.79 Å². The number of fused-ring (bicyclic) bond motifs is 1. The molecule has 26 heavy (non-hydrogen) atoms. The molecule has 1 N–H and O–H groups in total. The third-order valence-electron chi connectivity index (χ3n) is 4.18. The van der Waals surface area contributed by atoms with Crippen LogP contribution in [0.2, 0.25) is 5.02 Å². The minimum absolute atomic E-state index is 0.00545. The summed E-state index contributed by atoms with van der Waals surface area (Å²) < 4.78 is 6.60. The number of hydrogen-bond donors (Lipinski definition) is 1. The van der Waals surface area contributed by atoms with Crippen molar-refractivity contribution in [2.75, 3.05) is 12.4 Å². The number of aromatic carboxylic acids is 1. The van der Waals surface area contributed by atoms with Gasteiger partial charge in [0.05, 0.1) is 30.2 Å². The third kappa shape index (κ3) is 3.23.